The number of ether oxygens (including phenoxy) is 1. The number of halogens is 2. The largest absolute Gasteiger partial charge is 0.481 e. The topological polar surface area (TPSA) is 64.3 Å². The van der Waals surface area contributed by atoms with E-state index in [0.717, 1.165) is 12.8 Å². The van der Waals surface area contributed by atoms with Gasteiger partial charge in [0, 0.05) is 18.7 Å². The van der Waals surface area contributed by atoms with Crippen molar-refractivity contribution in [2.75, 3.05) is 6.54 Å². The fraction of sp³-hybridized carbons (Fsp3) is 0.500. The number of nitrogens with two attached hydrogens (primary N) is 1. The fourth-order valence-corrected chi connectivity index (χ4v) is 2.26. The SMILES string of the molecule is CC(Oc1ccc(Cl)c(Cl)c1)C(=O)NC(CN)C1CC1. The lowest BCUT2D eigenvalue weighted by atomic mass is 10.2. The number of nitrogens with one attached hydrogen (secondary N) is 1. The molecule has 1 aliphatic carbocycles. The first-order valence-electron chi connectivity index (χ1n) is 6.63. The van der Waals surface area contributed by atoms with Crippen molar-refractivity contribution in [3.63, 3.8) is 0 Å². The molecule has 1 aromatic rings. The van der Waals surface area contributed by atoms with Gasteiger partial charge in [-0.05, 0) is 37.8 Å². The minimum Gasteiger partial charge on any atom is -0.481 e. The molecule has 110 valence electrons. The van der Waals surface area contributed by atoms with Crippen molar-refractivity contribution in [2.24, 2.45) is 11.7 Å². The summed E-state index contributed by atoms with van der Waals surface area (Å²) in [5.41, 5.74) is 5.66. The summed E-state index contributed by atoms with van der Waals surface area (Å²) in [4.78, 5) is 12.1. The zero-order valence-corrected chi connectivity index (χ0v) is 12.7. The number of benzene rings is 1. The van der Waals surface area contributed by atoms with Crippen molar-refractivity contribution in [1.82, 2.24) is 5.32 Å². The molecule has 2 atom stereocenters. The third-order valence-corrected chi connectivity index (χ3v) is 4.08. The van der Waals surface area contributed by atoms with Gasteiger partial charge in [0.2, 0.25) is 0 Å². The average molecular weight is 317 g/mol. The molecule has 0 saturated heterocycles. The first-order chi connectivity index (χ1) is 9.51. The van der Waals surface area contributed by atoms with E-state index in [9.17, 15) is 4.79 Å². The predicted octanol–water partition coefficient (Wildman–Crippen LogP) is 2.61. The van der Waals surface area contributed by atoms with E-state index in [1.807, 2.05) is 0 Å². The summed E-state index contributed by atoms with van der Waals surface area (Å²) in [5.74, 6) is 0.859. The lowest BCUT2D eigenvalue weighted by Gasteiger charge is -2.20. The number of rotatable bonds is 6. The van der Waals surface area contributed by atoms with Gasteiger partial charge in [-0.2, -0.15) is 0 Å². The van der Waals surface area contributed by atoms with Crippen LogP contribution in [-0.4, -0.2) is 24.6 Å². The van der Waals surface area contributed by atoms with Gasteiger partial charge in [-0.15, -0.1) is 0 Å². The summed E-state index contributed by atoms with van der Waals surface area (Å²) >= 11 is 11.7. The van der Waals surface area contributed by atoms with Crippen molar-refractivity contribution in [3.8, 4) is 5.75 Å². The molecule has 2 rings (SSSR count). The number of hydrogen-bond acceptors (Lipinski definition) is 3. The minimum atomic E-state index is -0.611. The Morgan fingerprint density at radius 1 is 1.45 bits per heavy atom. The van der Waals surface area contributed by atoms with Crippen LogP contribution in [0.5, 0.6) is 5.75 Å². The zero-order valence-electron chi connectivity index (χ0n) is 11.2. The van der Waals surface area contributed by atoms with Gasteiger partial charge in [-0.1, -0.05) is 23.2 Å². The molecule has 0 aliphatic heterocycles. The molecule has 6 heteroatoms. The van der Waals surface area contributed by atoms with E-state index in [1.165, 1.54) is 0 Å². The van der Waals surface area contributed by atoms with Gasteiger partial charge < -0.3 is 15.8 Å². The molecule has 4 nitrogen and oxygen atoms in total. The molecule has 1 aliphatic rings. The summed E-state index contributed by atoms with van der Waals surface area (Å²) in [6, 6.07) is 4.95. The van der Waals surface area contributed by atoms with Crippen LogP contribution in [-0.2, 0) is 4.79 Å². The molecular weight excluding hydrogens is 299 g/mol. The lowest BCUT2D eigenvalue weighted by molar-refractivity contribution is -0.128. The van der Waals surface area contributed by atoms with Crippen LogP contribution in [0.2, 0.25) is 10.0 Å². The van der Waals surface area contributed by atoms with E-state index in [2.05, 4.69) is 5.32 Å². The Kier molecular flexibility index (Phi) is 5.13. The van der Waals surface area contributed by atoms with Crippen LogP contribution in [0.15, 0.2) is 18.2 Å². The average Bonchev–Trinajstić information content (AvgIpc) is 3.24. The van der Waals surface area contributed by atoms with Gasteiger partial charge in [0.05, 0.1) is 10.0 Å². The van der Waals surface area contributed by atoms with Crippen molar-refractivity contribution in [2.45, 2.75) is 31.9 Å². The van der Waals surface area contributed by atoms with Crippen LogP contribution < -0.4 is 15.8 Å². The summed E-state index contributed by atoms with van der Waals surface area (Å²) < 4.78 is 5.56. The van der Waals surface area contributed by atoms with E-state index >= 15 is 0 Å². The monoisotopic (exact) mass is 316 g/mol. The standard InChI is InChI=1S/C14H18Cl2N2O2/c1-8(14(19)18-13(7-17)9-2-3-9)20-10-4-5-11(15)12(16)6-10/h4-6,8-9,13H,2-3,7,17H2,1H3,(H,18,19). The van der Waals surface area contributed by atoms with Crippen molar-refractivity contribution in [3.05, 3.63) is 28.2 Å². The quantitative estimate of drug-likeness (QED) is 0.848. The Hall–Kier alpha value is -0.970. The Balaban J connectivity index is 1.91. The van der Waals surface area contributed by atoms with Crippen molar-refractivity contribution < 1.29 is 9.53 Å². The van der Waals surface area contributed by atoms with Gasteiger partial charge in [0.1, 0.15) is 5.75 Å². The molecule has 3 N–H and O–H groups in total. The van der Waals surface area contributed by atoms with Crippen molar-refractivity contribution in [1.29, 1.82) is 0 Å². The second-order valence-electron chi connectivity index (χ2n) is 5.02. The van der Waals surface area contributed by atoms with E-state index in [-0.39, 0.29) is 11.9 Å². The summed E-state index contributed by atoms with van der Waals surface area (Å²) in [6.07, 6.45) is 1.65. The molecule has 0 bridgehead atoms. The highest BCUT2D eigenvalue weighted by Crippen LogP contribution is 2.32. The van der Waals surface area contributed by atoms with Crippen LogP contribution >= 0.6 is 23.2 Å². The van der Waals surface area contributed by atoms with Crippen LogP contribution in [0.25, 0.3) is 0 Å². The summed E-state index contributed by atoms with van der Waals surface area (Å²) in [7, 11) is 0. The van der Waals surface area contributed by atoms with Gasteiger partial charge >= 0.3 is 0 Å². The predicted molar refractivity (Wildman–Crippen MR) is 80.3 cm³/mol. The fourth-order valence-electron chi connectivity index (χ4n) is 1.98. The molecular formula is C14H18Cl2N2O2. The lowest BCUT2D eigenvalue weighted by Crippen LogP contribution is -2.46. The molecule has 0 radical (unpaired) electrons. The van der Waals surface area contributed by atoms with E-state index in [1.54, 1.807) is 25.1 Å². The van der Waals surface area contributed by atoms with Crippen molar-refractivity contribution >= 4 is 29.1 Å². The smallest absolute Gasteiger partial charge is 0.261 e. The highest BCUT2D eigenvalue weighted by Gasteiger charge is 2.32. The summed E-state index contributed by atoms with van der Waals surface area (Å²) in [5, 5.41) is 3.78. The third kappa shape index (κ3) is 4.01. The van der Waals surface area contributed by atoms with Gasteiger partial charge in [-0.3, -0.25) is 4.79 Å². The van der Waals surface area contributed by atoms with Gasteiger partial charge in [0.25, 0.3) is 5.91 Å². The van der Waals surface area contributed by atoms with E-state index < -0.39 is 6.10 Å². The molecule has 2 unspecified atom stereocenters. The van der Waals surface area contributed by atoms with E-state index in [0.29, 0.717) is 28.3 Å². The second kappa shape index (κ2) is 6.66. The number of amides is 1. The number of carbonyl (C=O) groups is 1. The van der Waals surface area contributed by atoms with Crippen LogP contribution in [0, 0.1) is 5.92 Å². The normalized spacial score (nSPS) is 17.4. The Labute approximate surface area is 128 Å². The van der Waals surface area contributed by atoms with Gasteiger partial charge in [-0.25, -0.2) is 0 Å². The van der Waals surface area contributed by atoms with E-state index in [4.69, 9.17) is 33.7 Å². The molecule has 1 amide bonds. The maximum atomic E-state index is 12.1. The van der Waals surface area contributed by atoms with Crippen LogP contribution in [0.3, 0.4) is 0 Å². The molecule has 0 spiro atoms. The Morgan fingerprint density at radius 2 is 2.15 bits per heavy atom. The molecule has 1 fully saturated rings. The molecule has 1 saturated carbocycles. The first kappa shape index (κ1) is 15.4. The number of carbonyl (C=O) groups excluding carboxylic acids is 1. The summed E-state index contributed by atoms with van der Waals surface area (Å²) in [6.45, 7) is 2.15. The maximum Gasteiger partial charge on any atom is 0.261 e. The maximum absolute atomic E-state index is 12.1. The first-order valence-corrected chi connectivity index (χ1v) is 7.39. The van der Waals surface area contributed by atoms with Gasteiger partial charge in [0.15, 0.2) is 6.10 Å². The third-order valence-electron chi connectivity index (χ3n) is 3.35. The minimum absolute atomic E-state index is 0.0438. The number of hydrogen-bond donors (Lipinski definition) is 2. The van der Waals surface area contributed by atoms with Crippen LogP contribution in [0.1, 0.15) is 19.8 Å². The Bertz CT molecular complexity index is 492. The molecule has 20 heavy (non-hydrogen) atoms. The molecule has 0 aromatic heterocycles. The second-order valence-corrected chi connectivity index (χ2v) is 5.84. The Morgan fingerprint density at radius 3 is 2.70 bits per heavy atom. The molecule has 0 heterocycles. The van der Waals surface area contributed by atoms with Crippen LogP contribution in [0.4, 0.5) is 0 Å². The zero-order chi connectivity index (χ0) is 14.7. The highest BCUT2D eigenvalue weighted by atomic mass is 35.5. The highest BCUT2D eigenvalue weighted by molar-refractivity contribution is 6.42. The molecule has 1 aromatic carbocycles.